The standard InChI is InChI=1S/C13H18N2O4/c1-8(2)15-12(16)7-19-13(17)9-4-10(14)6-11(5-9)18-3/h4-6,8H,7,14H2,1-3H3,(H,15,16). The Labute approximate surface area is 111 Å². The zero-order valence-corrected chi connectivity index (χ0v) is 11.2. The number of carbonyl (C=O) groups is 2. The Bertz CT molecular complexity index is 472. The number of hydrogen-bond acceptors (Lipinski definition) is 5. The molecule has 1 amide bonds. The largest absolute Gasteiger partial charge is 0.497 e. The van der Waals surface area contributed by atoms with Gasteiger partial charge in [-0.3, -0.25) is 4.79 Å². The number of carbonyl (C=O) groups excluding carboxylic acids is 2. The Morgan fingerprint density at radius 2 is 2.00 bits per heavy atom. The molecule has 1 aromatic carbocycles. The summed E-state index contributed by atoms with van der Waals surface area (Å²) >= 11 is 0. The molecule has 0 radical (unpaired) electrons. The molecule has 104 valence electrons. The van der Waals surface area contributed by atoms with Crippen LogP contribution in [0, 0.1) is 0 Å². The second-order valence-electron chi connectivity index (χ2n) is 4.29. The van der Waals surface area contributed by atoms with E-state index in [2.05, 4.69) is 5.32 Å². The van der Waals surface area contributed by atoms with Crippen molar-refractivity contribution in [3.8, 4) is 5.75 Å². The van der Waals surface area contributed by atoms with Gasteiger partial charge in [0, 0.05) is 17.8 Å². The monoisotopic (exact) mass is 266 g/mol. The fraction of sp³-hybridized carbons (Fsp3) is 0.385. The predicted octanol–water partition coefficient (Wildman–Crippen LogP) is 0.959. The van der Waals surface area contributed by atoms with E-state index in [0.29, 0.717) is 11.4 Å². The number of nitrogen functional groups attached to an aromatic ring is 1. The minimum Gasteiger partial charge on any atom is -0.497 e. The highest BCUT2D eigenvalue weighted by molar-refractivity contribution is 5.92. The Morgan fingerprint density at radius 1 is 1.32 bits per heavy atom. The lowest BCUT2D eigenvalue weighted by Gasteiger charge is -2.09. The zero-order valence-electron chi connectivity index (χ0n) is 11.2. The van der Waals surface area contributed by atoms with Gasteiger partial charge in [0.05, 0.1) is 12.7 Å². The molecule has 1 aromatic rings. The van der Waals surface area contributed by atoms with Crippen LogP contribution in [-0.2, 0) is 9.53 Å². The summed E-state index contributed by atoms with van der Waals surface area (Å²) in [4.78, 5) is 23.1. The molecule has 0 aliphatic carbocycles. The van der Waals surface area contributed by atoms with Crippen LogP contribution in [0.2, 0.25) is 0 Å². The van der Waals surface area contributed by atoms with Crippen LogP contribution in [0.25, 0.3) is 0 Å². The smallest absolute Gasteiger partial charge is 0.338 e. The number of hydrogen-bond donors (Lipinski definition) is 2. The van der Waals surface area contributed by atoms with Crippen LogP contribution in [0.3, 0.4) is 0 Å². The summed E-state index contributed by atoms with van der Waals surface area (Å²) in [6, 6.07) is 4.55. The maximum atomic E-state index is 11.7. The van der Waals surface area contributed by atoms with E-state index in [1.165, 1.54) is 19.2 Å². The first-order valence-corrected chi connectivity index (χ1v) is 5.83. The van der Waals surface area contributed by atoms with Crippen LogP contribution in [0.4, 0.5) is 5.69 Å². The Balaban J connectivity index is 2.63. The van der Waals surface area contributed by atoms with Crippen LogP contribution in [0.5, 0.6) is 5.75 Å². The fourth-order valence-corrected chi connectivity index (χ4v) is 1.44. The van der Waals surface area contributed by atoms with E-state index >= 15 is 0 Å². The van der Waals surface area contributed by atoms with Gasteiger partial charge in [0.15, 0.2) is 6.61 Å². The van der Waals surface area contributed by atoms with Gasteiger partial charge in [-0.1, -0.05) is 0 Å². The second kappa shape index (κ2) is 6.63. The van der Waals surface area contributed by atoms with Crippen LogP contribution in [0.1, 0.15) is 24.2 Å². The van der Waals surface area contributed by atoms with Gasteiger partial charge in [0.2, 0.25) is 0 Å². The van der Waals surface area contributed by atoms with E-state index in [9.17, 15) is 9.59 Å². The van der Waals surface area contributed by atoms with Crippen molar-refractivity contribution < 1.29 is 19.1 Å². The summed E-state index contributed by atoms with van der Waals surface area (Å²) in [7, 11) is 1.47. The Kier molecular flexibility index (Phi) is 5.17. The molecular weight excluding hydrogens is 248 g/mol. The van der Waals surface area contributed by atoms with E-state index < -0.39 is 5.97 Å². The average molecular weight is 266 g/mol. The first kappa shape index (κ1) is 14.8. The summed E-state index contributed by atoms with van der Waals surface area (Å²) in [5.41, 5.74) is 6.26. The van der Waals surface area contributed by atoms with Gasteiger partial charge in [-0.15, -0.1) is 0 Å². The maximum absolute atomic E-state index is 11.7. The average Bonchev–Trinajstić information content (AvgIpc) is 2.34. The number of anilines is 1. The van der Waals surface area contributed by atoms with Crippen molar-refractivity contribution in [3.05, 3.63) is 23.8 Å². The highest BCUT2D eigenvalue weighted by atomic mass is 16.5. The number of nitrogens with one attached hydrogen (secondary N) is 1. The van der Waals surface area contributed by atoms with Gasteiger partial charge in [0.1, 0.15) is 5.75 Å². The molecule has 0 aliphatic heterocycles. The fourth-order valence-electron chi connectivity index (χ4n) is 1.44. The molecule has 0 spiro atoms. The minimum atomic E-state index is -0.621. The normalized spacial score (nSPS) is 10.1. The number of amides is 1. The first-order chi connectivity index (χ1) is 8.92. The number of esters is 1. The summed E-state index contributed by atoms with van der Waals surface area (Å²) in [6.07, 6.45) is 0. The zero-order chi connectivity index (χ0) is 14.4. The molecule has 0 unspecified atom stereocenters. The molecular formula is C13H18N2O4. The molecule has 3 N–H and O–H groups in total. The lowest BCUT2D eigenvalue weighted by Crippen LogP contribution is -2.33. The van der Waals surface area contributed by atoms with Crippen molar-refractivity contribution in [2.45, 2.75) is 19.9 Å². The summed E-state index contributed by atoms with van der Waals surface area (Å²) in [5, 5.41) is 2.62. The van der Waals surface area contributed by atoms with Crippen molar-refractivity contribution in [1.82, 2.24) is 5.32 Å². The van der Waals surface area contributed by atoms with Gasteiger partial charge in [0.25, 0.3) is 5.91 Å². The minimum absolute atomic E-state index is 0.00124. The third-order valence-electron chi connectivity index (χ3n) is 2.18. The van der Waals surface area contributed by atoms with Crippen molar-refractivity contribution in [2.24, 2.45) is 0 Å². The van der Waals surface area contributed by atoms with E-state index in [0.717, 1.165) is 0 Å². The number of nitrogens with two attached hydrogens (primary N) is 1. The van der Waals surface area contributed by atoms with E-state index in [1.54, 1.807) is 6.07 Å². The molecule has 6 heteroatoms. The number of methoxy groups -OCH3 is 1. The lowest BCUT2D eigenvalue weighted by atomic mass is 10.2. The van der Waals surface area contributed by atoms with Crippen molar-refractivity contribution in [2.75, 3.05) is 19.5 Å². The molecule has 0 atom stereocenters. The Hall–Kier alpha value is -2.24. The maximum Gasteiger partial charge on any atom is 0.338 e. The number of benzene rings is 1. The van der Waals surface area contributed by atoms with Gasteiger partial charge in [-0.05, 0) is 26.0 Å². The molecule has 0 bridgehead atoms. The van der Waals surface area contributed by atoms with E-state index in [1.807, 2.05) is 13.8 Å². The molecule has 1 rings (SSSR count). The van der Waals surface area contributed by atoms with Crippen molar-refractivity contribution >= 4 is 17.6 Å². The van der Waals surface area contributed by atoms with Crippen LogP contribution < -0.4 is 15.8 Å². The van der Waals surface area contributed by atoms with Gasteiger partial charge < -0.3 is 20.5 Å². The highest BCUT2D eigenvalue weighted by Gasteiger charge is 2.12. The molecule has 0 fully saturated rings. The summed E-state index contributed by atoms with van der Waals surface area (Å²) < 4.78 is 9.88. The second-order valence-corrected chi connectivity index (χ2v) is 4.29. The van der Waals surface area contributed by atoms with Crippen LogP contribution >= 0.6 is 0 Å². The van der Waals surface area contributed by atoms with Crippen LogP contribution in [0.15, 0.2) is 18.2 Å². The van der Waals surface area contributed by atoms with Crippen LogP contribution in [-0.4, -0.2) is 31.6 Å². The quantitative estimate of drug-likeness (QED) is 0.612. The molecule has 0 heterocycles. The molecule has 0 aliphatic rings. The topological polar surface area (TPSA) is 90.7 Å². The molecule has 0 saturated carbocycles. The predicted molar refractivity (Wildman–Crippen MR) is 71.0 cm³/mol. The SMILES string of the molecule is COc1cc(N)cc(C(=O)OCC(=O)NC(C)C)c1. The Morgan fingerprint density at radius 3 is 2.58 bits per heavy atom. The first-order valence-electron chi connectivity index (χ1n) is 5.83. The third kappa shape index (κ3) is 4.87. The van der Waals surface area contributed by atoms with Crippen molar-refractivity contribution in [1.29, 1.82) is 0 Å². The summed E-state index contributed by atoms with van der Waals surface area (Å²) in [6.45, 7) is 3.32. The summed E-state index contributed by atoms with van der Waals surface area (Å²) in [5.74, 6) is -0.512. The number of ether oxygens (including phenoxy) is 2. The van der Waals surface area contributed by atoms with E-state index in [4.69, 9.17) is 15.2 Å². The molecule has 6 nitrogen and oxygen atoms in total. The van der Waals surface area contributed by atoms with Crippen molar-refractivity contribution in [3.63, 3.8) is 0 Å². The lowest BCUT2D eigenvalue weighted by molar-refractivity contribution is -0.124. The highest BCUT2D eigenvalue weighted by Crippen LogP contribution is 2.19. The van der Waals surface area contributed by atoms with E-state index in [-0.39, 0.29) is 24.1 Å². The molecule has 0 saturated heterocycles. The number of rotatable bonds is 5. The molecule has 19 heavy (non-hydrogen) atoms. The van der Waals surface area contributed by atoms with Gasteiger partial charge in [-0.25, -0.2) is 4.79 Å². The van der Waals surface area contributed by atoms with Gasteiger partial charge >= 0.3 is 5.97 Å². The van der Waals surface area contributed by atoms with Gasteiger partial charge in [-0.2, -0.15) is 0 Å². The third-order valence-corrected chi connectivity index (χ3v) is 2.18. The molecule has 0 aromatic heterocycles.